The maximum atomic E-state index is 13.4. The molecule has 0 saturated heterocycles. The van der Waals surface area contributed by atoms with E-state index in [1.807, 2.05) is 31.3 Å². The number of rotatable bonds is 9. The molecule has 36 heavy (non-hydrogen) atoms. The second-order valence-electron chi connectivity index (χ2n) is 8.75. The molecule has 0 spiro atoms. The number of nitrogens with one attached hydrogen (secondary N) is 1. The zero-order valence-electron chi connectivity index (χ0n) is 20.2. The van der Waals surface area contributed by atoms with E-state index in [1.165, 1.54) is 12.1 Å². The fourth-order valence-electron chi connectivity index (χ4n) is 4.05. The molecule has 0 unspecified atom stereocenters. The molecule has 4 rings (SSSR count). The van der Waals surface area contributed by atoms with Crippen molar-refractivity contribution in [1.82, 2.24) is 19.8 Å². The van der Waals surface area contributed by atoms with Crippen molar-refractivity contribution in [3.05, 3.63) is 93.7 Å². The molecule has 0 radical (unpaired) electrons. The lowest BCUT2D eigenvalue weighted by Gasteiger charge is -2.23. The van der Waals surface area contributed by atoms with Gasteiger partial charge in [-0.2, -0.15) is 0 Å². The Kier molecular flexibility index (Phi) is 8.33. The number of aromatic nitrogens is 2. The maximum absolute atomic E-state index is 13.4. The number of urea groups is 1. The highest BCUT2D eigenvalue weighted by Crippen LogP contribution is 2.24. The number of anilines is 1. The molecule has 1 heterocycles. The minimum atomic E-state index is -0.254. The lowest BCUT2D eigenvalue weighted by atomic mass is 10.2. The van der Waals surface area contributed by atoms with Crippen molar-refractivity contribution in [3.8, 4) is 0 Å². The van der Waals surface area contributed by atoms with Crippen LogP contribution in [-0.4, -0.2) is 47.7 Å². The zero-order chi connectivity index (χ0) is 25.7. The molecule has 6 nitrogen and oxygen atoms in total. The fraction of sp³-hybridized carbons (Fsp3) is 0.259. The van der Waals surface area contributed by atoms with Crippen LogP contribution < -0.4 is 10.2 Å². The van der Waals surface area contributed by atoms with Gasteiger partial charge in [-0.05, 0) is 60.0 Å². The largest absolute Gasteiger partial charge is 0.345 e. The van der Waals surface area contributed by atoms with Gasteiger partial charge in [0.1, 0.15) is 5.82 Å². The summed E-state index contributed by atoms with van der Waals surface area (Å²) in [4.78, 5) is 21.1. The van der Waals surface area contributed by atoms with Crippen LogP contribution in [0.15, 0.2) is 66.7 Å². The first-order valence-electron chi connectivity index (χ1n) is 11.6. The Labute approximate surface area is 220 Å². The van der Waals surface area contributed by atoms with Gasteiger partial charge in [0, 0.05) is 43.8 Å². The number of hydrogen-bond donors (Lipinski definition) is 1. The van der Waals surface area contributed by atoms with Crippen LogP contribution >= 0.6 is 23.2 Å². The van der Waals surface area contributed by atoms with Gasteiger partial charge in [-0.3, -0.25) is 0 Å². The van der Waals surface area contributed by atoms with Crippen LogP contribution in [0.2, 0.25) is 10.0 Å². The Hall–Kier alpha value is -3.29. The van der Waals surface area contributed by atoms with E-state index in [-0.39, 0.29) is 11.8 Å². The Balaban J connectivity index is 1.36. The van der Waals surface area contributed by atoms with Crippen molar-refractivity contribution in [2.45, 2.75) is 19.5 Å². The summed E-state index contributed by atoms with van der Waals surface area (Å²) in [5.74, 6) is 0.571. The van der Waals surface area contributed by atoms with E-state index in [2.05, 4.69) is 14.8 Å². The highest BCUT2D eigenvalue weighted by Gasteiger charge is 2.16. The van der Waals surface area contributed by atoms with Gasteiger partial charge in [0.2, 0.25) is 5.95 Å². The molecule has 1 aromatic heterocycles. The van der Waals surface area contributed by atoms with Gasteiger partial charge in [-0.1, -0.05) is 47.5 Å². The number of carbonyl (C=O) groups excluding carboxylic acids is 1. The molecule has 188 valence electrons. The number of imidazole rings is 1. The van der Waals surface area contributed by atoms with Gasteiger partial charge >= 0.3 is 6.03 Å². The first-order valence-corrected chi connectivity index (χ1v) is 12.4. The fourth-order valence-corrected chi connectivity index (χ4v) is 4.63. The Morgan fingerprint density at radius 1 is 0.972 bits per heavy atom. The van der Waals surface area contributed by atoms with Gasteiger partial charge in [0.05, 0.1) is 17.6 Å². The molecule has 2 amide bonds. The average molecular weight is 528 g/mol. The van der Waals surface area contributed by atoms with Crippen molar-refractivity contribution >= 4 is 46.2 Å². The van der Waals surface area contributed by atoms with Crippen molar-refractivity contribution in [2.75, 3.05) is 32.1 Å². The Bertz CT molecular complexity index is 1320. The lowest BCUT2D eigenvalue weighted by molar-refractivity contribution is 0.208. The summed E-state index contributed by atoms with van der Waals surface area (Å²) in [5, 5.41) is 3.97. The molecule has 0 bridgehead atoms. The smallest absolute Gasteiger partial charge is 0.317 e. The minimum absolute atomic E-state index is 0.169. The topological polar surface area (TPSA) is 53.4 Å². The number of para-hydroxylation sites is 2. The summed E-state index contributed by atoms with van der Waals surface area (Å²) in [6, 6.07) is 19.5. The van der Waals surface area contributed by atoms with Gasteiger partial charge in [-0.25, -0.2) is 14.2 Å². The highest BCUT2D eigenvalue weighted by atomic mass is 35.5. The molecule has 0 saturated carbocycles. The first-order chi connectivity index (χ1) is 17.3. The van der Waals surface area contributed by atoms with Crippen LogP contribution in [0.5, 0.6) is 0 Å². The minimum Gasteiger partial charge on any atom is -0.345 e. The molecule has 0 aliphatic rings. The van der Waals surface area contributed by atoms with Crippen LogP contribution in [-0.2, 0) is 13.1 Å². The van der Waals surface area contributed by atoms with Crippen molar-refractivity contribution in [2.24, 2.45) is 0 Å². The number of amides is 2. The van der Waals surface area contributed by atoms with Crippen molar-refractivity contribution < 1.29 is 9.18 Å². The van der Waals surface area contributed by atoms with Crippen LogP contribution in [0.1, 0.15) is 17.5 Å². The van der Waals surface area contributed by atoms with Gasteiger partial charge in [0.15, 0.2) is 0 Å². The van der Waals surface area contributed by atoms with E-state index in [4.69, 9.17) is 28.2 Å². The third-order valence-electron chi connectivity index (χ3n) is 5.93. The van der Waals surface area contributed by atoms with Crippen molar-refractivity contribution in [3.63, 3.8) is 0 Å². The maximum Gasteiger partial charge on any atom is 0.317 e. The highest BCUT2D eigenvalue weighted by molar-refractivity contribution is 6.34. The summed E-state index contributed by atoms with van der Waals surface area (Å²) in [6.07, 6.45) is 0.753. The van der Waals surface area contributed by atoms with Crippen LogP contribution in [0, 0.1) is 5.82 Å². The molecule has 1 N–H and O–H groups in total. The van der Waals surface area contributed by atoms with Crippen LogP contribution in [0.4, 0.5) is 15.1 Å². The summed E-state index contributed by atoms with van der Waals surface area (Å²) < 4.78 is 15.5. The third kappa shape index (κ3) is 6.47. The van der Waals surface area contributed by atoms with Gasteiger partial charge in [-0.15, -0.1) is 0 Å². The molecule has 0 atom stereocenters. The quantitative estimate of drug-likeness (QED) is 0.282. The number of nitrogens with zero attached hydrogens (tertiary/aromatic N) is 4. The van der Waals surface area contributed by atoms with Gasteiger partial charge in [0.25, 0.3) is 0 Å². The third-order valence-corrected chi connectivity index (χ3v) is 6.37. The molecular formula is C27H28Cl2FN5O. The predicted octanol–water partition coefficient (Wildman–Crippen LogP) is 6.20. The Morgan fingerprint density at radius 3 is 2.39 bits per heavy atom. The molecular weight excluding hydrogens is 500 g/mol. The second-order valence-corrected chi connectivity index (χ2v) is 9.62. The molecule has 0 aliphatic carbocycles. The first kappa shape index (κ1) is 25.8. The summed E-state index contributed by atoms with van der Waals surface area (Å²) in [7, 11) is 3.76. The van der Waals surface area contributed by atoms with E-state index in [9.17, 15) is 9.18 Å². The molecule has 4 aromatic rings. The average Bonchev–Trinajstić information content (AvgIpc) is 3.21. The van der Waals surface area contributed by atoms with E-state index in [1.54, 1.807) is 42.3 Å². The van der Waals surface area contributed by atoms with E-state index in [0.29, 0.717) is 36.2 Å². The van der Waals surface area contributed by atoms with Crippen LogP contribution in [0.25, 0.3) is 11.0 Å². The summed E-state index contributed by atoms with van der Waals surface area (Å²) in [5.41, 5.74) is 3.75. The summed E-state index contributed by atoms with van der Waals surface area (Å²) in [6.45, 7) is 2.20. The monoisotopic (exact) mass is 527 g/mol. The van der Waals surface area contributed by atoms with Gasteiger partial charge < -0.3 is 19.7 Å². The van der Waals surface area contributed by atoms with E-state index < -0.39 is 0 Å². The number of benzene rings is 3. The SMILES string of the molecule is CN(CCCN(C)c1nc2ccccc2n1Cc1ccc(F)cc1)C(=O)NCc1cc(Cl)cc(Cl)c1. The summed E-state index contributed by atoms with van der Waals surface area (Å²) >= 11 is 12.1. The van der Waals surface area contributed by atoms with E-state index >= 15 is 0 Å². The Morgan fingerprint density at radius 2 is 1.67 bits per heavy atom. The molecule has 0 fully saturated rings. The number of carbonyl (C=O) groups is 1. The van der Waals surface area contributed by atoms with E-state index in [0.717, 1.165) is 34.5 Å². The predicted molar refractivity (Wildman–Crippen MR) is 144 cm³/mol. The normalized spacial score (nSPS) is 11.0. The zero-order valence-corrected chi connectivity index (χ0v) is 21.7. The van der Waals surface area contributed by atoms with Crippen LogP contribution in [0.3, 0.4) is 0 Å². The number of halogens is 3. The van der Waals surface area contributed by atoms with Crippen molar-refractivity contribution in [1.29, 1.82) is 0 Å². The lowest BCUT2D eigenvalue weighted by Crippen LogP contribution is -2.38. The number of fused-ring (bicyclic) bond motifs is 1. The molecule has 0 aliphatic heterocycles. The standard InChI is InChI=1S/C27H28Cl2FN5O/c1-33(12-5-13-34(2)27(36)31-17-20-14-21(28)16-22(29)15-20)26-32-24-6-3-4-7-25(24)35(26)18-19-8-10-23(30)11-9-19/h3-4,6-11,14-16H,5,12-13,17-18H2,1-2H3,(H,31,36). The molecule has 3 aromatic carbocycles. The number of hydrogen-bond acceptors (Lipinski definition) is 3. The second kappa shape index (κ2) is 11.6. The molecule has 9 heteroatoms.